The Labute approximate surface area is 122 Å². The molecule has 0 spiro atoms. The molecule has 3 rings (SSSR count). The van der Waals surface area contributed by atoms with Crippen LogP contribution in [-0.2, 0) is 9.59 Å². The van der Waals surface area contributed by atoms with Gasteiger partial charge in [0.15, 0.2) is 11.5 Å². The van der Waals surface area contributed by atoms with Crippen molar-refractivity contribution in [1.82, 2.24) is 4.90 Å². The second kappa shape index (κ2) is 5.16. The van der Waals surface area contributed by atoms with Crippen molar-refractivity contribution in [3.05, 3.63) is 12.1 Å². The number of carbonyl (C=O) groups is 2. The van der Waals surface area contributed by atoms with Gasteiger partial charge in [0.05, 0.1) is 17.3 Å². The largest absolute Gasteiger partial charge is 0.454 e. The van der Waals surface area contributed by atoms with Gasteiger partial charge in [-0.2, -0.15) is 0 Å². The Morgan fingerprint density at radius 3 is 2.81 bits per heavy atom. The molecule has 112 valence electrons. The first-order valence-corrected chi connectivity index (χ1v) is 6.86. The molecule has 7 nitrogen and oxygen atoms in total. The van der Waals surface area contributed by atoms with Crippen LogP contribution in [0.5, 0.6) is 11.5 Å². The number of likely N-dealkylation sites (tertiary alicyclic amines) is 1. The number of benzene rings is 1. The fourth-order valence-corrected chi connectivity index (χ4v) is 2.55. The molecule has 1 aromatic rings. The van der Waals surface area contributed by atoms with Gasteiger partial charge in [-0.1, -0.05) is 0 Å². The van der Waals surface area contributed by atoms with Crippen molar-refractivity contribution in [3.63, 3.8) is 0 Å². The lowest BCUT2D eigenvalue weighted by molar-refractivity contribution is -0.128. The highest BCUT2D eigenvalue weighted by molar-refractivity contribution is 5.99. The summed E-state index contributed by atoms with van der Waals surface area (Å²) in [6.45, 7) is 3.11. The van der Waals surface area contributed by atoms with E-state index in [9.17, 15) is 9.59 Å². The Morgan fingerprint density at radius 2 is 2.14 bits per heavy atom. The van der Waals surface area contributed by atoms with E-state index in [4.69, 9.17) is 15.2 Å². The Hall–Kier alpha value is -2.44. The van der Waals surface area contributed by atoms with Crippen molar-refractivity contribution >= 4 is 23.2 Å². The van der Waals surface area contributed by atoms with E-state index in [1.807, 2.05) is 6.92 Å². The molecule has 1 aromatic carbocycles. The summed E-state index contributed by atoms with van der Waals surface area (Å²) >= 11 is 0. The second-order valence-electron chi connectivity index (χ2n) is 5.12. The Bertz CT molecular complexity index is 602. The molecule has 1 unspecified atom stereocenters. The van der Waals surface area contributed by atoms with Gasteiger partial charge in [0.25, 0.3) is 0 Å². The molecule has 0 aliphatic carbocycles. The maximum absolute atomic E-state index is 12.3. The van der Waals surface area contributed by atoms with Crippen LogP contribution in [0.3, 0.4) is 0 Å². The van der Waals surface area contributed by atoms with Crippen LogP contribution in [0.15, 0.2) is 12.1 Å². The summed E-state index contributed by atoms with van der Waals surface area (Å²) in [4.78, 5) is 25.6. The lowest BCUT2D eigenvalue weighted by Crippen LogP contribution is -2.28. The van der Waals surface area contributed by atoms with Gasteiger partial charge in [-0.15, -0.1) is 0 Å². The number of nitrogens with two attached hydrogens (primary N) is 1. The van der Waals surface area contributed by atoms with Gasteiger partial charge in [0, 0.05) is 31.6 Å². The smallest absolute Gasteiger partial charge is 0.231 e. The molecule has 1 atom stereocenters. The van der Waals surface area contributed by atoms with E-state index in [-0.39, 0.29) is 30.9 Å². The summed E-state index contributed by atoms with van der Waals surface area (Å²) in [5.41, 5.74) is 6.78. The Balaban J connectivity index is 1.72. The molecule has 2 heterocycles. The van der Waals surface area contributed by atoms with Crippen LogP contribution in [0.1, 0.15) is 13.3 Å². The van der Waals surface area contributed by atoms with Gasteiger partial charge in [-0.05, 0) is 6.92 Å². The molecule has 1 saturated heterocycles. The zero-order valence-corrected chi connectivity index (χ0v) is 11.7. The molecule has 1 fully saturated rings. The van der Waals surface area contributed by atoms with Gasteiger partial charge >= 0.3 is 0 Å². The maximum atomic E-state index is 12.3. The minimum Gasteiger partial charge on any atom is -0.454 e. The lowest BCUT2D eigenvalue weighted by Gasteiger charge is -2.14. The summed E-state index contributed by atoms with van der Waals surface area (Å²) in [7, 11) is 0. The minimum atomic E-state index is -0.345. The number of nitrogens with one attached hydrogen (secondary N) is 1. The summed E-state index contributed by atoms with van der Waals surface area (Å²) in [5.74, 6) is 0.583. The number of nitrogen functional groups attached to an aromatic ring is 1. The van der Waals surface area contributed by atoms with Crippen LogP contribution in [0.4, 0.5) is 11.4 Å². The SMILES string of the molecule is CCN1CC(C(=O)Nc2cc3c(cc2N)OCO3)CC1=O. The molecule has 0 radical (unpaired) electrons. The van der Waals surface area contributed by atoms with Gasteiger partial charge in [-0.3, -0.25) is 9.59 Å². The second-order valence-corrected chi connectivity index (χ2v) is 5.12. The first-order valence-electron chi connectivity index (χ1n) is 6.86. The fourth-order valence-electron chi connectivity index (χ4n) is 2.55. The predicted molar refractivity (Wildman–Crippen MR) is 76.0 cm³/mol. The number of hydrogen-bond acceptors (Lipinski definition) is 5. The molecule has 0 saturated carbocycles. The van der Waals surface area contributed by atoms with Crippen LogP contribution < -0.4 is 20.5 Å². The van der Waals surface area contributed by atoms with Gasteiger partial charge in [0.2, 0.25) is 18.6 Å². The van der Waals surface area contributed by atoms with E-state index in [0.29, 0.717) is 36.0 Å². The van der Waals surface area contributed by atoms with Gasteiger partial charge < -0.3 is 25.4 Å². The molecule has 2 aliphatic heterocycles. The molecule has 3 N–H and O–H groups in total. The van der Waals surface area contributed by atoms with Crippen LogP contribution in [0, 0.1) is 5.92 Å². The summed E-state index contributed by atoms with van der Waals surface area (Å²) in [5, 5.41) is 2.77. The van der Waals surface area contributed by atoms with E-state index < -0.39 is 0 Å². The summed E-state index contributed by atoms with van der Waals surface area (Å²) < 4.78 is 10.5. The van der Waals surface area contributed by atoms with E-state index in [0.717, 1.165) is 0 Å². The van der Waals surface area contributed by atoms with Crippen molar-refractivity contribution in [1.29, 1.82) is 0 Å². The molecule has 2 aliphatic rings. The third kappa shape index (κ3) is 2.46. The molecule has 21 heavy (non-hydrogen) atoms. The van der Waals surface area contributed by atoms with E-state index in [1.54, 1.807) is 17.0 Å². The molecule has 7 heteroatoms. The predicted octanol–water partition coefficient (Wildman–Crippen LogP) is 0.804. The first-order chi connectivity index (χ1) is 10.1. The van der Waals surface area contributed by atoms with Crippen molar-refractivity contribution < 1.29 is 19.1 Å². The van der Waals surface area contributed by atoms with Crippen molar-refractivity contribution in [2.75, 3.05) is 30.9 Å². The average Bonchev–Trinajstić information content (AvgIpc) is 3.05. The first kappa shape index (κ1) is 13.5. The zero-order valence-electron chi connectivity index (χ0n) is 11.7. The van der Waals surface area contributed by atoms with Crippen molar-refractivity contribution in [2.45, 2.75) is 13.3 Å². The standard InChI is InChI=1S/C14H17N3O4/c1-2-17-6-8(3-13(17)18)14(19)16-10-5-12-11(4-9(10)15)20-7-21-12/h4-5,8H,2-3,6-7,15H2,1H3,(H,16,19). The number of carbonyl (C=O) groups excluding carboxylic acids is 2. The highest BCUT2D eigenvalue weighted by atomic mass is 16.7. The van der Waals surface area contributed by atoms with E-state index in [2.05, 4.69) is 5.32 Å². The zero-order chi connectivity index (χ0) is 15.0. The monoisotopic (exact) mass is 291 g/mol. The normalized spacial score (nSPS) is 20.0. The highest BCUT2D eigenvalue weighted by Crippen LogP contribution is 2.38. The number of hydrogen-bond donors (Lipinski definition) is 2. The summed E-state index contributed by atoms with van der Waals surface area (Å²) in [6, 6.07) is 3.26. The van der Waals surface area contributed by atoms with E-state index in [1.165, 1.54) is 0 Å². The van der Waals surface area contributed by atoms with Crippen LogP contribution in [0.2, 0.25) is 0 Å². The molecular formula is C14H17N3O4. The Kier molecular flexibility index (Phi) is 3.32. The van der Waals surface area contributed by atoms with Crippen LogP contribution in [-0.4, -0.2) is 36.6 Å². The average molecular weight is 291 g/mol. The third-order valence-electron chi connectivity index (χ3n) is 3.77. The number of amides is 2. The number of rotatable bonds is 3. The highest BCUT2D eigenvalue weighted by Gasteiger charge is 2.33. The number of ether oxygens (including phenoxy) is 2. The summed E-state index contributed by atoms with van der Waals surface area (Å²) in [6.07, 6.45) is 0.240. The number of anilines is 2. The minimum absolute atomic E-state index is 0.0105. The maximum Gasteiger partial charge on any atom is 0.231 e. The quantitative estimate of drug-likeness (QED) is 0.804. The fraction of sp³-hybridized carbons (Fsp3) is 0.429. The Morgan fingerprint density at radius 1 is 1.43 bits per heavy atom. The lowest BCUT2D eigenvalue weighted by atomic mass is 10.1. The van der Waals surface area contributed by atoms with Crippen molar-refractivity contribution in [2.24, 2.45) is 5.92 Å². The topological polar surface area (TPSA) is 93.9 Å². The van der Waals surface area contributed by atoms with Gasteiger partial charge in [-0.25, -0.2) is 0 Å². The van der Waals surface area contributed by atoms with Crippen LogP contribution >= 0.6 is 0 Å². The molecule has 2 amide bonds. The van der Waals surface area contributed by atoms with Crippen LogP contribution in [0.25, 0.3) is 0 Å². The van der Waals surface area contributed by atoms with E-state index >= 15 is 0 Å². The molecule has 0 bridgehead atoms. The van der Waals surface area contributed by atoms with Gasteiger partial charge in [0.1, 0.15) is 0 Å². The molecular weight excluding hydrogens is 274 g/mol. The molecule has 0 aromatic heterocycles. The number of nitrogens with zero attached hydrogens (tertiary/aromatic N) is 1. The van der Waals surface area contributed by atoms with Crippen molar-refractivity contribution in [3.8, 4) is 11.5 Å². The number of fused-ring (bicyclic) bond motifs is 1. The third-order valence-corrected chi connectivity index (χ3v) is 3.77.